The summed E-state index contributed by atoms with van der Waals surface area (Å²) in [5.74, 6) is 1.72. The van der Waals surface area contributed by atoms with Crippen LogP contribution in [0.1, 0.15) is 36.0 Å². The minimum absolute atomic E-state index is 0.614. The summed E-state index contributed by atoms with van der Waals surface area (Å²) in [5.41, 5.74) is 2.60. The Labute approximate surface area is 97.0 Å². The zero-order valence-corrected chi connectivity index (χ0v) is 10.4. The summed E-state index contributed by atoms with van der Waals surface area (Å²) in [4.78, 5) is 4.63. The lowest BCUT2D eigenvalue weighted by atomic mass is 9.95. The molecule has 0 radical (unpaired) electrons. The first-order chi connectivity index (χ1) is 7.74. The molecule has 1 aliphatic heterocycles. The smallest absolute Gasteiger partial charge is 0.105 e. The van der Waals surface area contributed by atoms with Gasteiger partial charge in [0, 0.05) is 38.4 Å². The first-order valence-electron chi connectivity index (χ1n) is 5.98. The molecule has 4 heteroatoms. The van der Waals surface area contributed by atoms with E-state index in [0.717, 1.165) is 38.4 Å². The zero-order chi connectivity index (χ0) is 11.5. The van der Waals surface area contributed by atoms with Crippen molar-refractivity contribution in [2.24, 2.45) is 7.05 Å². The molecule has 2 rings (SSSR count). The van der Waals surface area contributed by atoms with Crippen molar-refractivity contribution in [1.29, 1.82) is 0 Å². The molecule has 0 bridgehead atoms. The average molecular weight is 223 g/mol. The van der Waals surface area contributed by atoms with Gasteiger partial charge in [0.25, 0.3) is 0 Å². The number of rotatable bonds is 3. The highest BCUT2D eigenvalue weighted by Gasteiger charge is 2.23. The Morgan fingerprint density at radius 1 is 1.44 bits per heavy atom. The number of aromatic nitrogens is 2. The summed E-state index contributed by atoms with van der Waals surface area (Å²) in [5, 5.41) is 3.20. The van der Waals surface area contributed by atoms with Crippen LogP contribution in [-0.2, 0) is 18.3 Å². The Bertz CT molecular complexity index is 353. The van der Waals surface area contributed by atoms with Crippen molar-refractivity contribution in [2.45, 2.75) is 32.2 Å². The molecule has 0 amide bonds. The van der Waals surface area contributed by atoms with Gasteiger partial charge in [-0.2, -0.15) is 0 Å². The summed E-state index contributed by atoms with van der Waals surface area (Å²) in [6.45, 7) is 4.69. The molecule has 1 aromatic rings. The van der Waals surface area contributed by atoms with Crippen LogP contribution in [0.2, 0.25) is 0 Å². The Morgan fingerprint density at radius 2 is 2.12 bits per heavy atom. The second-order valence-electron chi connectivity index (χ2n) is 4.47. The van der Waals surface area contributed by atoms with E-state index >= 15 is 0 Å². The highest BCUT2D eigenvalue weighted by atomic mass is 16.5. The first kappa shape index (κ1) is 11.6. The van der Waals surface area contributed by atoms with Crippen LogP contribution >= 0.6 is 0 Å². The molecule has 0 aromatic carbocycles. The molecule has 16 heavy (non-hydrogen) atoms. The summed E-state index contributed by atoms with van der Waals surface area (Å²) < 4.78 is 7.66. The van der Waals surface area contributed by atoms with Gasteiger partial charge in [-0.1, -0.05) is 0 Å². The number of hydrogen-bond acceptors (Lipinski definition) is 3. The van der Waals surface area contributed by atoms with Gasteiger partial charge in [0.05, 0.1) is 5.69 Å². The highest BCUT2D eigenvalue weighted by molar-refractivity contribution is 5.21. The fraction of sp³-hybridized carbons (Fsp3) is 0.750. The molecule has 1 fully saturated rings. The van der Waals surface area contributed by atoms with E-state index in [0.29, 0.717) is 5.92 Å². The molecule has 2 heterocycles. The van der Waals surface area contributed by atoms with Crippen LogP contribution in [-0.4, -0.2) is 29.8 Å². The fourth-order valence-electron chi connectivity index (χ4n) is 2.47. The monoisotopic (exact) mass is 223 g/mol. The average Bonchev–Trinajstić information content (AvgIpc) is 2.57. The second-order valence-corrected chi connectivity index (χ2v) is 4.47. The third kappa shape index (κ3) is 2.13. The molecule has 1 aliphatic rings. The van der Waals surface area contributed by atoms with Crippen molar-refractivity contribution >= 4 is 0 Å². The lowest BCUT2D eigenvalue weighted by Gasteiger charge is -2.23. The quantitative estimate of drug-likeness (QED) is 0.840. The lowest BCUT2D eigenvalue weighted by Crippen LogP contribution is -2.19. The van der Waals surface area contributed by atoms with Gasteiger partial charge in [-0.25, -0.2) is 4.98 Å². The minimum Gasteiger partial charge on any atom is -0.381 e. The van der Waals surface area contributed by atoms with Crippen LogP contribution in [0.3, 0.4) is 0 Å². The van der Waals surface area contributed by atoms with E-state index in [1.165, 1.54) is 11.4 Å². The van der Waals surface area contributed by atoms with E-state index in [2.05, 4.69) is 28.8 Å². The van der Waals surface area contributed by atoms with Crippen molar-refractivity contribution in [3.8, 4) is 0 Å². The summed E-state index contributed by atoms with van der Waals surface area (Å²) in [7, 11) is 4.09. The largest absolute Gasteiger partial charge is 0.381 e. The SMILES string of the molecule is CNCc1nc(C)n(C)c1C1CCOCC1. The summed E-state index contributed by atoms with van der Waals surface area (Å²) in [6.07, 6.45) is 2.24. The Morgan fingerprint density at radius 3 is 2.75 bits per heavy atom. The Balaban J connectivity index is 2.28. The third-order valence-electron chi connectivity index (χ3n) is 3.39. The molecular weight excluding hydrogens is 202 g/mol. The zero-order valence-electron chi connectivity index (χ0n) is 10.4. The van der Waals surface area contributed by atoms with Crippen LogP contribution in [0.4, 0.5) is 0 Å². The molecule has 0 unspecified atom stereocenters. The van der Waals surface area contributed by atoms with E-state index in [1.54, 1.807) is 0 Å². The van der Waals surface area contributed by atoms with Gasteiger partial charge in [-0.15, -0.1) is 0 Å². The van der Waals surface area contributed by atoms with Crippen molar-refractivity contribution < 1.29 is 4.74 Å². The molecule has 1 N–H and O–H groups in total. The van der Waals surface area contributed by atoms with Crippen molar-refractivity contribution in [1.82, 2.24) is 14.9 Å². The van der Waals surface area contributed by atoms with Gasteiger partial charge in [-0.3, -0.25) is 0 Å². The molecule has 90 valence electrons. The van der Waals surface area contributed by atoms with Crippen LogP contribution in [0.25, 0.3) is 0 Å². The van der Waals surface area contributed by atoms with E-state index in [4.69, 9.17) is 4.74 Å². The predicted molar refractivity (Wildman–Crippen MR) is 63.5 cm³/mol. The predicted octanol–water partition coefficient (Wildman–Crippen LogP) is 1.34. The van der Waals surface area contributed by atoms with Gasteiger partial charge < -0.3 is 14.6 Å². The van der Waals surface area contributed by atoms with Crippen LogP contribution in [0.5, 0.6) is 0 Å². The molecule has 0 saturated carbocycles. The van der Waals surface area contributed by atoms with E-state index in [1.807, 2.05) is 7.05 Å². The number of nitrogens with one attached hydrogen (secondary N) is 1. The molecule has 0 atom stereocenters. The van der Waals surface area contributed by atoms with Gasteiger partial charge in [0.1, 0.15) is 5.82 Å². The molecule has 1 saturated heterocycles. The van der Waals surface area contributed by atoms with Gasteiger partial charge >= 0.3 is 0 Å². The molecule has 1 aromatic heterocycles. The van der Waals surface area contributed by atoms with Crippen molar-refractivity contribution in [3.05, 3.63) is 17.2 Å². The number of aryl methyl sites for hydroxylation is 1. The van der Waals surface area contributed by atoms with E-state index in [-0.39, 0.29) is 0 Å². The van der Waals surface area contributed by atoms with Crippen molar-refractivity contribution in [2.75, 3.05) is 20.3 Å². The van der Waals surface area contributed by atoms with E-state index < -0.39 is 0 Å². The fourth-order valence-corrected chi connectivity index (χ4v) is 2.47. The van der Waals surface area contributed by atoms with Gasteiger partial charge in [0.15, 0.2) is 0 Å². The van der Waals surface area contributed by atoms with Crippen LogP contribution in [0.15, 0.2) is 0 Å². The molecular formula is C12H21N3O. The Kier molecular flexibility index (Phi) is 3.61. The maximum atomic E-state index is 5.42. The third-order valence-corrected chi connectivity index (χ3v) is 3.39. The topological polar surface area (TPSA) is 39.1 Å². The normalized spacial score (nSPS) is 17.9. The summed E-state index contributed by atoms with van der Waals surface area (Å²) >= 11 is 0. The molecule has 0 spiro atoms. The minimum atomic E-state index is 0.614. The van der Waals surface area contributed by atoms with Crippen molar-refractivity contribution in [3.63, 3.8) is 0 Å². The maximum Gasteiger partial charge on any atom is 0.105 e. The first-order valence-corrected chi connectivity index (χ1v) is 5.98. The molecule has 0 aliphatic carbocycles. The van der Waals surface area contributed by atoms with E-state index in [9.17, 15) is 0 Å². The number of ether oxygens (including phenoxy) is 1. The van der Waals surface area contributed by atoms with Crippen LogP contribution < -0.4 is 5.32 Å². The maximum absolute atomic E-state index is 5.42. The standard InChI is InChI=1S/C12H21N3O/c1-9-14-11(8-13-2)12(15(9)3)10-4-6-16-7-5-10/h10,13H,4-8H2,1-3H3. The van der Waals surface area contributed by atoms with Gasteiger partial charge in [-0.05, 0) is 26.8 Å². The second kappa shape index (κ2) is 4.97. The number of imidazole rings is 1. The lowest BCUT2D eigenvalue weighted by molar-refractivity contribution is 0.0837. The van der Waals surface area contributed by atoms with Crippen LogP contribution in [0, 0.1) is 6.92 Å². The highest BCUT2D eigenvalue weighted by Crippen LogP contribution is 2.29. The Hall–Kier alpha value is -0.870. The summed E-state index contributed by atoms with van der Waals surface area (Å²) in [6, 6.07) is 0. The number of nitrogens with zero attached hydrogens (tertiary/aromatic N) is 2. The van der Waals surface area contributed by atoms with Gasteiger partial charge in [0.2, 0.25) is 0 Å². The molecule has 4 nitrogen and oxygen atoms in total. The number of hydrogen-bond donors (Lipinski definition) is 1.